The number of aromatic nitrogens is 1. The Morgan fingerprint density at radius 1 is 1.02 bits per heavy atom. The molecule has 3 N–H and O–H groups in total. The van der Waals surface area contributed by atoms with Crippen LogP contribution in [0.25, 0.3) is 10.9 Å². The summed E-state index contributed by atoms with van der Waals surface area (Å²) in [4.78, 5) is 53.6. The molecule has 43 heavy (non-hydrogen) atoms. The minimum Gasteiger partial charge on any atom is -0.458 e. The van der Waals surface area contributed by atoms with E-state index in [4.69, 9.17) is 4.74 Å². The van der Waals surface area contributed by atoms with Gasteiger partial charge in [0.15, 0.2) is 12.4 Å². The summed E-state index contributed by atoms with van der Waals surface area (Å²) in [5.41, 5.74) is 1.41. The first-order chi connectivity index (χ1) is 20.5. The molecular weight excluding hydrogens is 544 g/mol. The van der Waals surface area contributed by atoms with Crippen molar-refractivity contribution in [3.63, 3.8) is 0 Å². The van der Waals surface area contributed by atoms with Crippen molar-refractivity contribution in [2.75, 3.05) is 13.2 Å². The smallest absolute Gasteiger partial charge is 0.306 e. The van der Waals surface area contributed by atoms with Gasteiger partial charge < -0.3 is 20.1 Å². The number of para-hydroxylation sites is 1. The molecule has 6 rings (SSSR count). The average Bonchev–Trinajstić information content (AvgIpc) is 3.53. The van der Waals surface area contributed by atoms with Crippen LogP contribution in [-0.2, 0) is 30.3 Å². The zero-order chi connectivity index (χ0) is 30.4. The van der Waals surface area contributed by atoms with Crippen LogP contribution in [0.15, 0.2) is 42.1 Å². The van der Waals surface area contributed by atoms with E-state index >= 15 is 0 Å². The van der Waals surface area contributed by atoms with E-state index in [1.54, 1.807) is 0 Å². The van der Waals surface area contributed by atoms with Gasteiger partial charge in [0, 0.05) is 41.9 Å². The maximum absolute atomic E-state index is 13.4. The highest BCUT2D eigenvalue weighted by Crippen LogP contribution is 2.67. The number of carbonyl (C=O) groups excluding carboxylic acids is 4. The molecule has 0 unspecified atom stereocenters. The highest BCUT2D eigenvalue weighted by Gasteiger charge is 2.66. The molecule has 1 aromatic carbocycles. The zero-order valence-electron chi connectivity index (χ0n) is 25.4. The molecular formula is C35H44N2O6. The lowest BCUT2D eigenvalue weighted by molar-refractivity contribution is -0.170. The minimum atomic E-state index is -1.53. The number of esters is 1. The van der Waals surface area contributed by atoms with Crippen LogP contribution >= 0.6 is 0 Å². The van der Waals surface area contributed by atoms with Crippen molar-refractivity contribution < 1.29 is 29.0 Å². The van der Waals surface area contributed by atoms with E-state index in [1.165, 1.54) is 5.57 Å². The quantitative estimate of drug-likeness (QED) is 0.355. The topological polar surface area (TPSA) is 126 Å². The van der Waals surface area contributed by atoms with E-state index in [2.05, 4.69) is 24.1 Å². The number of allylic oxidation sites excluding steroid dienone is 1. The van der Waals surface area contributed by atoms with Crippen molar-refractivity contribution in [1.29, 1.82) is 0 Å². The Labute approximate surface area is 253 Å². The molecule has 0 aliphatic heterocycles. The Balaban J connectivity index is 0.982. The number of benzene rings is 1. The molecule has 4 aliphatic carbocycles. The summed E-state index contributed by atoms with van der Waals surface area (Å²) in [5.74, 6) is 0.0438. The molecule has 1 amide bonds. The van der Waals surface area contributed by atoms with Gasteiger partial charge in [-0.15, -0.1) is 0 Å². The molecule has 3 saturated carbocycles. The summed E-state index contributed by atoms with van der Waals surface area (Å²) in [7, 11) is 0. The lowest BCUT2D eigenvalue weighted by atomic mass is 9.46. The normalized spacial score (nSPS) is 33.2. The molecule has 0 spiro atoms. The molecule has 230 valence electrons. The van der Waals surface area contributed by atoms with Crippen molar-refractivity contribution in [1.82, 2.24) is 10.3 Å². The van der Waals surface area contributed by atoms with Crippen molar-refractivity contribution in [3.05, 3.63) is 47.7 Å². The maximum atomic E-state index is 13.4. The predicted octanol–water partition coefficient (Wildman–Crippen LogP) is 4.98. The summed E-state index contributed by atoms with van der Waals surface area (Å²) < 4.78 is 5.30. The van der Waals surface area contributed by atoms with E-state index in [0.29, 0.717) is 37.6 Å². The van der Waals surface area contributed by atoms with E-state index < -0.39 is 29.4 Å². The van der Waals surface area contributed by atoms with Gasteiger partial charge in [-0.25, -0.2) is 0 Å². The molecule has 3 fully saturated rings. The van der Waals surface area contributed by atoms with E-state index in [9.17, 15) is 24.3 Å². The first kappa shape index (κ1) is 29.8. The fraction of sp³-hybridized carbons (Fsp3) is 0.600. The van der Waals surface area contributed by atoms with Crippen LogP contribution < -0.4 is 5.32 Å². The summed E-state index contributed by atoms with van der Waals surface area (Å²) in [5, 5.41) is 15.8. The lowest BCUT2D eigenvalue weighted by Gasteiger charge is -2.58. The number of amides is 1. The number of hydrogen-bond acceptors (Lipinski definition) is 6. The summed E-state index contributed by atoms with van der Waals surface area (Å²) in [6.07, 6.45) is 10.6. The molecule has 8 nitrogen and oxygen atoms in total. The van der Waals surface area contributed by atoms with Crippen molar-refractivity contribution in [2.24, 2.45) is 28.6 Å². The molecule has 6 atom stereocenters. The van der Waals surface area contributed by atoms with E-state index in [-0.39, 0.29) is 35.9 Å². The number of nitrogens with one attached hydrogen (secondary N) is 2. The van der Waals surface area contributed by atoms with Gasteiger partial charge in [-0.1, -0.05) is 37.6 Å². The molecule has 2 aromatic rings. The average molecular weight is 589 g/mol. The molecule has 8 heteroatoms. The second-order valence-electron chi connectivity index (χ2n) is 13.9. The number of aromatic amines is 1. The second kappa shape index (κ2) is 11.3. The number of H-pyrrole nitrogens is 1. The van der Waals surface area contributed by atoms with Gasteiger partial charge in [-0.05, 0) is 92.2 Å². The van der Waals surface area contributed by atoms with E-state index in [1.807, 2.05) is 36.5 Å². The van der Waals surface area contributed by atoms with Gasteiger partial charge in [0.2, 0.25) is 11.7 Å². The van der Waals surface area contributed by atoms with Crippen LogP contribution in [0.2, 0.25) is 0 Å². The van der Waals surface area contributed by atoms with Crippen LogP contribution in [0.4, 0.5) is 0 Å². The number of fused-ring (bicyclic) bond motifs is 6. The van der Waals surface area contributed by atoms with Crippen molar-refractivity contribution in [3.8, 4) is 0 Å². The summed E-state index contributed by atoms with van der Waals surface area (Å²) >= 11 is 0. The van der Waals surface area contributed by atoms with Gasteiger partial charge in [0.1, 0.15) is 5.60 Å². The number of rotatable bonds is 9. The molecule has 1 heterocycles. The largest absolute Gasteiger partial charge is 0.458 e. The first-order valence-corrected chi connectivity index (χ1v) is 16.0. The number of carbonyl (C=O) groups is 4. The van der Waals surface area contributed by atoms with Gasteiger partial charge in [0.05, 0.1) is 6.42 Å². The lowest BCUT2D eigenvalue weighted by Crippen LogP contribution is -2.58. The van der Waals surface area contributed by atoms with Crippen LogP contribution in [0.1, 0.15) is 83.6 Å². The Bertz CT molecular complexity index is 1480. The number of ether oxygens (including phenoxy) is 1. The standard InChI is InChI=1S/C35H44N2O6/c1-33-15-11-24(38)19-23(33)7-8-26-27(33)12-16-34(2)28(26)13-17-35(34,42)30(39)21-43-32(41)10-9-31(40)36-18-14-22-20-37-29-6-4-3-5-25(22)29/h3-6,19-20,26-28,37,42H,7-18,21H2,1-2H3,(H,36,40)/t26-,27-,28+,33+,34+,35+/m1/s1. The SMILES string of the molecule is C[C@]12CCC(=O)C=C1CC[C@@H]1[C@H]2CC[C@@]2(C)[C@H]1CC[C@]2(O)C(=O)COC(=O)CCC(=O)NCCc1c[nH]c2ccccc12. The Morgan fingerprint density at radius 3 is 2.65 bits per heavy atom. The highest BCUT2D eigenvalue weighted by atomic mass is 16.5. The number of aliphatic hydroxyl groups is 1. The van der Waals surface area contributed by atoms with Crippen molar-refractivity contribution in [2.45, 2.75) is 90.1 Å². The monoisotopic (exact) mass is 588 g/mol. The third-order valence-electron chi connectivity index (χ3n) is 11.9. The Hall–Kier alpha value is -3.26. The van der Waals surface area contributed by atoms with Crippen LogP contribution in [0, 0.1) is 28.6 Å². The number of ketones is 2. The maximum Gasteiger partial charge on any atom is 0.306 e. The van der Waals surface area contributed by atoms with Gasteiger partial charge in [0.25, 0.3) is 0 Å². The first-order valence-electron chi connectivity index (χ1n) is 16.0. The second-order valence-corrected chi connectivity index (χ2v) is 13.9. The third-order valence-corrected chi connectivity index (χ3v) is 11.9. The fourth-order valence-corrected chi connectivity index (χ4v) is 9.35. The van der Waals surface area contributed by atoms with Gasteiger partial charge >= 0.3 is 5.97 Å². The molecule has 4 aliphatic rings. The van der Waals surface area contributed by atoms with Gasteiger partial charge in [-0.2, -0.15) is 0 Å². The zero-order valence-corrected chi connectivity index (χ0v) is 25.4. The van der Waals surface area contributed by atoms with Crippen molar-refractivity contribution >= 4 is 34.3 Å². The van der Waals surface area contributed by atoms with Crippen LogP contribution in [-0.4, -0.2) is 52.3 Å². The van der Waals surface area contributed by atoms with E-state index in [0.717, 1.165) is 55.0 Å². The predicted molar refractivity (Wildman–Crippen MR) is 162 cm³/mol. The summed E-state index contributed by atoms with van der Waals surface area (Å²) in [6, 6.07) is 8.00. The Kier molecular flexibility index (Phi) is 7.86. The minimum absolute atomic E-state index is 0.0190. The number of Topliss-reactive ketones (excluding diaryl/α,β-unsaturated/α-hetero) is 1. The molecule has 0 saturated heterocycles. The summed E-state index contributed by atoms with van der Waals surface area (Å²) in [6.45, 7) is 4.36. The number of hydrogen-bond donors (Lipinski definition) is 3. The fourth-order valence-electron chi connectivity index (χ4n) is 9.35. The molecule has 0 radical (unpaired) electrons. The highest BCUT2D eigenvalue weighted by molar-refractivity contribution is 5.92. The third kappa shape index (κ3) is 5.15. The Morgan fingerprint density at radius 2 is 1.81 bits per heavy atom. The van der Waals surface area contributed by atoms with Crippen LogP contribution in [0.3, 0.4) is 0 Å². The molecule has 1 aromatic heterocycles. The van der Waals surface area contributed by atoms with Crippen LogP contribution in [0.5, 0.6) is 0 Å². The van der Waals surface area contributed by atoms with Gasteiger partial charge in [-0.3, -0.25) is 19.2 Å². The molecule has 0 bridgehead atoms.